The highest BCUT2D eigenvalue weighted by Gasteiger charge is 2.14. The Hall–Kier alpha value is -1.14. The fraction of sp³-hybridized carbons (Fsp3) is 0.500. The smallest absolute Gasteiger partial charge is 0.210 e. The number of rotatable bonds is 2. The zero-order valence-corrected chi connectivity index (χ0v) is 13.1. The van der Waals surface area contributed by atoms with E-state index < -0.39 is 0 Å². The molecule has 4 N–H and O–H groups in total. The molecule has 1 aliphatic carbocycles. The van der Waals surface area contributed by atoms with Gasteiger partial charge in [0.15, 0.2) is 0 Å². The maximum Gasteiger partial charge on any atom is 0.210 e. The number of anilines is 1. The number of guanidine groups is 1. The molecule has 1 aromatic carbocycles. The number of halogens is 2. The average Bonchev–Trinajstić information content (AvgIpc) is 2.45. The van der Waals surface area contributed by atoms with Crippen LogP contribution in [0.2, 0.25) is 0 Å². The first-order valence-electron chi connectivity index (χ1n) is 6.87. The van der Waals surface area contributed by atoms with Gasteiger partial charge in [-0.15, -0.1) is 0 Å². The Morgan fingerprint density at radius 1 is 1.35 bits per heavy atom. The maximum absolute atomic E-state index is 13.6. The van der Waals surface area contributed by atoms with E-state index in [0.29, 0.717) is 22.2 Å². The molecule has 1 aliphatic rings. The van der Waals surface area contributed by atoms with Crippen molar-refractivity contribution in [3.8, 4) is 0 Å². The monoisotopic (exact) mass is 342 g/mol. The summed E-state index contributed by atoms with van der Waals surface area (Å²) in [6.45, 7) is 1.90. The lowest BCUT2D eigenvalue weighted by molar-refractivity contribution is 0.442. The van der Waals surface area contributed by atoms with E-state index in [4.69, 9.17) is 5.84 Å². The van der Waals surface area contributed by atoms with Crippen LogP contribution in [-0.2, 0) is 0 Å². The first-order chi connectivity index (χ1) is 9.60. The molecule has 0 unspecified atom stereocenters. The topological polar surface area (TPSA) is 62.4 Å². The molecule has 1 saturated carbocycles. The minimum Gasteiger partial charge on any atom is -0.325 e. The van der Waals surface area contributed by atoms with E-state index in [9.17, 15) is 4.39 Å². The van der Waals surface area contributed by atoms with Gasteiger partial charge in [0.2, 0.25) is 5.96 Å². The highest BCUT2D eigenvalue weighted by molar-refractivity contribution is 9.10. The number of aliphatic imine (C=N–C) groups is 1. The van der Waals surface area contributed by atoms with Gasteiger partial charge in [-0.2, -0.15) is 0 Å². The van der Waals surface area contributed by atoms with Gasteiger partial charge >= 0.3 is 0 Å². The van der Waals surface area contributed by atoms with Crippen LogP contribution < -0.4 is 16.6 Å². The Kier molecular flexibility index (Phi) is 5.37. The first kappa shape index (κ1) is 15.3. The summed E-state index contributed by atoms with van der Waals surface area (Å²) >= 11 is 3.17. The Labute approximate surface area is 127 Å². The van der Waals surface area contributed by atoms with Crippen molar-refractivity contribution in [1.29, 1.82) is 0 Å². The van der Waals surface area contributed by atoms with Gasteiger partial charge in [0.05, 0.1) is 10.5 Å². The van der Waals surface area contributed by atoms with Crippen LogP contribution in [0.1, 0.15) is 37.7 Å². The highest BCUT2D eigenvalue weighted by atomic mass is 79.9. The van der Waals surface area contributed by atoms with E-state index in [2.05, 4.69) is 31.7 Å². The molecule has 0 radical (unpaired) electrons. The third-order valence-corrected chi connectivity index (χ3v) is 4.15. The molecule has 4 nitrogen and oxygen atoms in total. The summed E-state index contributed by atoms with van der Waals surface area (Å²) in [4.78, 5) is 4.58. The molecule has 0 bridgehead atoms. The quantitative estimate of drug-likeness (QED) is 0.334. The molecule has 0 aliphatic heterocycles. The van der Waals surface area contributed by atoms with Crippen LogP contribution in [0.15, 0.2) is 21.6 Å². The maximum atomic E-state index is 13.6. The van der Waals surface area contributed by atoms with Crippen molar-refractivity contribution >= 4 is 27.6 Å². The molecule has 1 aromatic rings. The summed E-state index contributed by atoms with van der Waals surface area (Å²) in [5, 5.41) is 3.07. The van der Waals surface area contributed by atoms with Crippen molar-refractivity contribution in [3.05, 3.63) is 28.0 Å². The van der Waals surface area contributed by atoms with Gasteiger partial charge in [-0.25, -0.2) is 15.2 Å². The van der Waals surface area contributed by atoms with Gasteiger partial charge in [0.1, 0.15) is 5.82 Å². The lowest BCUT2D eigenvalue weighted by Gasteiger charge is -2.20. The zero-order valence-electron chi connectivity index (χ0n) is 11.5. The Bertz CT molecular complexity index is 498. The molecule has 0 atom stereocenters. The van der Waals surface area contributed by atoms with Crippen LogP contribution in [-0.4, -0.2) is 12.0 Å². The molecule has 110 valence electrons. The van der Waals surface area contributed by atoms with Crippen LogP contribution in [0.3, 0.4) is 0 Å². The molecule has 6 heteroatoms. The second kappa shape index (κ2) is 7.04. The van der Waals surface area contributed by atoms with Gasteiger partial charge in [0.25, 0.3) is 0 Å². The third kappa shape index (κ3) is 3.93. The van der Waals surface area contributed by atoms with Gasteiger partial charge in [-0.05, 0) is 53.4 Å². The predicted molar refractivity (Wildman–Crippen MR) is 84.1 cm³/mol. The van der Waals surface area contributed by atoms with Crippen LogP contribution in [0.4, 0.5) is 10.1 Å². The van der Waals surface area contributed by atoms with Crippen LogP contribution in [0, 0.1) is 12.7 Å². The van der Waals surface area contributed by atoms with E-state index >= 15 is 0 Å². The van der Waals surface area contributed by atoms with Crippen molar-refractivity contribution in [3.63, 3.8) is 0 Å². The number of hydrazine groups is 1. The minimum absolute atomic E-state index is 0.294. The largest absolute Gasteiger partial charge is 0.325 e. The Morgan fingerprint density at radius 2 is 2.05 bits per heavy atom. The molecule has 0 amide bonds. The second-order valence-electron chi connectivity index (χ2n) is 5.12. The van der Waals surface area contributed by atoms with Crippen molar-refractivity contribution in [2.24, 2.45) is 10.8 Å². The molecule has 0 spiro atoms. The number of hydrogen-bond acceptors (Lipinski definition) is 2. The number of nitrogens with two attached hydrogens (primary N) is 1. The van der Waals surface area contributed by atoms with E-state index in [-0.39, 0.29) is 5.82 Å². The van der Waals surface area contributed by atoms with Gasteiger partial charge < -0.3 is 5.32 Å². The molecule has 1 fully saturated rings. The fourth-order valence-corrected chi connectivity index (χ4v) is 2.86. The normalized spacial score (nSPS) is 17.1. The lowest BCUT2D eigenvalue weighted by atomic mass is 9.96. The summed E-state index contributed by atoms with van der Waals surface area (Å²) in [5.74, 6) is 5.68. The molecular formula is C14H20BrFN4. The Balaban J connectivity index is 2.13. The summed E-state index contributed by atoms with van der Waals surface area (Å²) < 4.78 is 14.0. The predicted octanol–water partition coefficient (Wildman–Crippen LogP) is 3.46. The molecule has 0 aromatic heterocycles. The summed E-state index contributed by atoms with van der Waals surface area (Å²) in [6, 6.07) is 3.46. The second-order valence-corrected chi connectivity index (χ2v) is 5.97. The van der Waals surface area contributed by atoms with E-state index in [1.807, 2.05) is 6.92 Å². The summed E-state index contributed by atoms with van der Waals surface area (Å²) in [5.41, 5.74) is 4.15. The van der Waals surface area contributed by atoms with Crippen molar-refractivity contribution in [1.82, 2.24) is 5.43 Å². The number of hydrogen-bond donors (Lipinski definition) is 3. The number of benzene rings is 1. The number of aryl methyl sites for hydroxylation is 1. The van der Waals surface area contributed by atoms with Gasteiger partial charge in [-0.3, -0.25) is 5.43 Å². The van der Waals surface area contributed by atoms with Gasteiger partial charge in [-0.1, -0.05) is 19.3 Å². The summed E-state index contributed by atoms with van der Waals surface area (Å²) in [6.07, 6.45) is 5.86. The third-order valence-electron chi connectivity index (χ3n) is 3.54. The Morgan fingerprint density at radius 3 is 2.70 bits per heavy atom. The summed E-state index contributed by atoms with van der Waals surface area (Å²) in [7, 11) is 0. The van der Waals surface area contributed by atoms with Crippen molar-refractivity contribution in [2.45, 2.75) is 45.1 Å². The van der Waals surface area contributed by atoms with E-state index in [1.54, 1.807) is 6.07 Å². The average molecular weight is 343 g/mol. The highest BCUT2D eigenvalue weighted by Crippen LogP contribution is 2.24. The van der Waals surface area contributed by atoms with Crippen LogP contribution in [0.5, 0.6) is 0 Å². The zero-order chi connectivity index (χ0) is 14.5. The molecule has 0 heterocycles. The van der Waals surface area contributed by atoms with E-state index in [1.165, 1.54) is 25.3 Å². The molecule has 20 heavy (non-hydrogen) atoms. The minimum atomic E-state index is -0.313. The van der Waals surface area contributed by atoms with E-state index in [0.717, 1.165) is 18.4 Å². The van der Waals surface area contributed by atoms with Crippen molar-refractivity contribution < 1.29 is 4.39 Å². The number of nitrogens with zero attached hydrogens (tertiary/aromatic N) is 1. The fourth-order valence-electron chi connectivity index (χ4n) is 2.41. The standard InChI is InChI=1S/C14H20BrFN4/c1-9-7-11(15)12(16)8-13(9)19-14(20-17)18-10-5-3-2-4-6-10/h7-8,10H,2-6,17H2,1H3,(H2,18,19,20). The molecule has 2 rings (SSSR count). The number of nitrogens with one attached hydrogen (secondary N) is 2. The molecule has 0 saturated heterocycles. The molecular weight excluding hydrogens is 323 g/mol. The van der Waals surface area contributed by atoms with Crippen LogP contribution in [0.25, 0.3) is 0 Å². The van der Waals surface area contributed by atoms with Crippen molar-refractivity contribution in [2.75, 3.05) is 5.32 Å². The first-order valence-corrected chi connectivity index (χ1v) is 7.66. The lowest BCUT2D eigenvalue weighted by Crippen LogP contribution is -2.37. The van der Waals surface area contributed by atoms with Gasteiger partial charge in [0, 0.05) is 5.69 Å². The SMILES string of the molecule is Cc1cc(Br)c(F)cc1NC(=NC1CCCCC1)NN. The van der Waals surface area contributed by atoms with Crippen LogP contribution >= 0.6 is 15.9 Å².